The minimum atomic E-state index is -4.59. The van der Waals surface area contributed by atoms with Crippen molar-refractivity contribution < 1.29 is 18.0 Å². The third-order valence-corrected chi connectivity index (χ3v) is 6.09. The standard InChI is InChI=1S/C20H14Cl3F3N4O/c21-11-7-4-8-12(15(11)22)28-19(31)17-16(23)18-27-13(10-5-2-1-3-6-10)9-14(20(24,25)26)30(18)29-17/h1-8,13-14,27H,9H2,(H,28,31)/t13-,14+/m0/s1. The zero-order chi connectivity index (χ0) is 22.3. The highest BCUT2D eigenvalue weighted by atomic mass is 35.5. The van der Waals surface area contributed by atoms with Gasteiger partial charge in [0.05, 0.1) is 21.8 Å². The number of hydrogen-bond acceptors (Lipinski definition) is 3. The summed E-state index contributed by atoms with van der Waals surface area (Å²) in [6.07, 6.45) is -4.90. The Balaban J connectivity index is 1.71. The summed E-state index contributed by atoms with van der Waals surface area (Å²) in [6, 6.07) is 10.7. The van der Waals surface area contributed by atoms with Gasteiger partial charge in [0.2, 0.25) is 0 Å². The number of fused-ring (bicyclic) bond motifs is 1. The molecule has 1 aliphatic heterocycles. The van der Waals surface area contributed by atoms with Crippen LogP contribution in [0.3, 0.4) is 0 Å². The number of nitrogens with zero attached hydrogens (tertiary/aromatic N) is 2. The van der Waals surface area contributed by atoms with E-state index in [0.717, 1.165) is 4.68 Å². The lowest BCUT2D eigenvalue weighted by atomic mass is 9.97. The van der Waals surface area contributed by atoms with E-state index in [0.29, 0.717) is 5.56 Å². The normalized spacial score (nSPS) is 18.3. The third-order valence-electron chi connectivity index (χ3n) is 4.91. The first-order chi connectivity index (χ1) is 14.7. The number of carbonyl (C=O) groups excluding carboxylic acids is 1. The maximum absolute atomic E-state index is 13.8. The van der Waals surface area contributed by atoms with E-state index in [1.165, 1.54) is 12.1 Å². The number of hydrogen-bond donors (Lipinski definition) is 2. The van der Waals surface area contributed by atoms with Crippen LogP contribution in [0.15, 0.2) is 48.5 Å². The molecule has 162 valence electrons. The average Bonchev–Trinajstić information content (AvgIpc) is 3.07. The van der Waals surface area contributed by atoms with E-state index in [-0.39, 0.29) is 38.7 Å². The molecule has 0 saturated heterocycles. The third kappa shape index (κ3) is 4.20. The summed E-state index contributed by atoms with van der Waals surface area (Å²) in [5.41, 5.74) is 0.490. The Kier molecular flexibility index (Phi) is 5.81. The van der Waals surface area contributed by atoms with Gasteiger partial charge < -0.3 is 10.6 Å². The quantitative estimate of drug-likeness (QED) is 0.427. The summed E-state index contributed by atoms with van der Waals surface area (Å²) in [5.74, 6) is -0.888. The van der Waals surface area contributed by atoms with Gasteiger partial charge in [0, 0.05) is 6.42 Å². The molecule has 3 aromatic rings. The number of amides is 1. The molecule has 2 aromatic carbocycles. The predicted octanol–water partition coefficient (Wildman–Crippen LogP) is 6.76. The number of benzene rings is 2. The van der Waals surface area contributed by atoms with Crippen LogP contribution in [0.4, 0.5) is 24.7 Å². The molecule has 0 spiro atoms. The molecule has 11 heteroatoms. The molecule has 2 atom stereocenters. The molecule has 0 saturated carbocycles. The highest BCUT2D eigenvalue weighted by Gasteiger charge is 2.47. The second-order valence-electron chi connectivity index (χ2n) is 6.91. The van der Waals surface area contributed by atoms with Crippen molar-refractivity contribution in [2.75, 3.05) is 10.6 Å². The Morgan fingerprint density at radius 1 is 1.06 bits per heavy atom. The maximum atomic E-state index is 13.8. The summed E-state index contributed by atoms with van der Waals surface area (Å²) >= 11 is 18.3. The maximum Gasteiger partial charge on any atom is 0.410 e. The van der Waals surface area contributed by atoms with E-state index in [1.807, 2.05) is 0 Å². The van der Waals surface area contributed by atoms with Gasteiger partial charge in [-0.25, -0.2) is 4.68 Å². The van der Waals surface area contributed by atoms with Crippen molar-refractivity contribution >= 4 is 52.2 Å². The molecular weight excluding hydrogens is 476 g/mol. The highest BCUT2D eigenvalue weighted by Crippen LogP contribution is 2.46. The Morgan fingerprint density at radius 2 is 1.77 bits per heavy atom. The van der Waals surface area contributed by atoms with Crippen molar-refractivity contribution in [1.29, 1.82) is 0 Å². The van der Waals surface area contributed by atoms with E-state index in [1.54, 1.807) is 36.4 Å². The fourth-order valence-corrected chi connectivity index (χ4v) is 4.03. The van der Waals surface area contributed by atoms with E-state index in [4.69, 9.17) is 34.8 Å². The van der Waals surface area contributed by atoms with Gasteiger partial charge in [-0.3, -0.25) is 4.79 Å². The van der Waals surface area contributed by atoms with Crippen LogP contribution in [-0.4, -0.2) is 21.9 Å². The minimum absolute atomic E-state index is 0.0774. The lowest BCUT2D eigenvalue weighted by Gasteiger charge is -2.33. The van der Waals surface area contributed by atoms with Gasteiger partial charge >= 0.3 is 6.18 Å². The van der Waals surface area contributed by atoms with Crippen molar-refractivity contribution in [1.82, 2.24) is 9.78 Å². The molecule has 2 N–H and O–H groups in total. The lowest BCUT2D eigenvalue weighted by Crippen LogP contribution is -2.35. The topological polar surface area (TPSA) is 59.0 Å². The van der Waals surface area contributed by atoms with Crippen LogP contribution in [0.25, 0.3) is 0 Å². The summed E-state index contributed by atoms with van der Waals surface area (Å²) < 4.78 is 42.2. The van der Waals surface area contributed by atoms with Crippen LogP contribution in [0.1, 0.15) is 34.6 Å². The first kappa shape index (κ1) is 21.8. The largest absolute Gasteiger partial charge is 0.410 e. The SMILES string of the molecule is O=C(Nc1cccc(Cl)c1Cl)c1nn2c(c1Cl)N[C@H](c1ccccc1)C[C@@H]2C(F)(F)F. The number of halogens is 6. The van der Waals surface area contributed by atoms with Gasteiger partial charge in [0.1, 0.15) is 10.8 Å². The van der Waals surface area contributed by atoms with Crippen LogP contribution < -0.4 is 10.6 Å². The molecule has 0 aliphatic carbocycles. The summed E-state index contributed by atoms with van der Waals surface area (Å²) in [7, 11) is 0. The van der Waals surface area contributed by atoms with Gasteiger partial charge in [0.15, 0.2) is 11.7 Å². The lowest BCUT2D eigenvalue weighted by molar-refractivity contribution is -0.173. The summed E-state index contributed by atoms with van der Waals surface area (Å²) in [4.78, 5) is 12.7. The van der Waals surface area contributed by atoms with Crippen LogP contribution in [-0.2, 0) is 0 Å². The molecule has 1 aliphatic rings. The number of nitrogens with one attached hydrogen (secondary N) is 2. The smallest absolute Gasteiger partial charge is 0.362 e. The van der Waals surface area contributed by atoms with Crippen molar-refractivity contribution in [2.45, 2.75) is 24.7 Å². The second-order valence-corrected chi connectivity index (χ2v) is 8.08. The Labute approximate surface area is 190 Å². The summed E-state index contributed by atoms with van der Waals surface area (Å²) in [6.45, 7) is 0. The molecule has 5 nitrogen and oxygen atoms in total. The van der Waals surface area contributed by atoms with Crippen molar-refractivity contribution in [3.63, 3.8) is 0 Å². The monoisotopic (exact) mass is 488 g/mol. The summed E-state index contributed by atoms with van der Waals surface area (Å²) in [5, 5.41) is 9.44. The van der Waals surface area contributed by atoms with E-state index >= 15 is 0 Å². The van der Waals surface area contributed by atoms with Gasteiger partial charge in [-0.1, -0.05) is 71.2 Å². The molecule has 0 radical (unpaired) electrons. The van der Waals surface area contributed by atoms with Gasteiger partial charge in [0.25, 0.3) is 5.91 Å². The molecule has 0 fully saturated rings. The fraction of sp³-hybridized carbons (Fsp3) is 0.200. The Bertz CT molecular complexity index is 1130. The second kappa shape index (κ2) is 8.26. The number of rotatable bonds is 3. The minimum Gasteiger partial charge on any atom is -0.362 e. The van der Waals surface area contributed by atoms with Crippen molar-refractivity contribution in [2.24, 2.45) is 0 Å². The molecule has 1 aromatic heterocycles. The molecule has 2 heterocycles. The predicted molar refractivity (Wildman–Crippen MR) is 114 cm³/mol. The van der Waals surface area contributed by atoms with Crippen molar-refractivity contribution in [3.05, 3.63) is 74.9 Å². The molecule has 31 heavy (non-hydrogen) atoms. The van der Waals surface area contributed by atoms with Crippen molar-refractivity contribution in [3.8, 4) is 0 Å². The first-order valence-electron chi connectivity index (χ1n) is 9.08. The van der Waals surface area contributed by atoms with Crippen LogP contribution >= 0.6 is 34.8 Å². The zero-order valence-electron chi connectivity index (χ0n) is 15.6. The molecule has 1 amide bonds. The van der Waals surface area contributed by atoms with Crippen LogP contribution in [0.5, 0.6) is 0 Å². The fourth-order valence-electron chi connectivity index (χ4n) is 3.42. The van der Waals surface area contributed by atoms with Gasteiger partial charge in [-0.05, 0) is 17.7 Å². The highest BCUT2D eigenvalue weighted by molar-refractivity contribution is 6.44. The van der Waals surface area contributed by atoms with Crippen LogP contribution in [0, 0.1) is 0 Å². The average molecular weight is 490 g/mol. The Morgan fingerprint density at radius 3 is 2.45 bits per heavy atom. The molecule has 0 unspecified atom stereocenters. The number of anilines is 2. The number of carbonyl (C=O) groups is 1. The molecule has 4 rings (SSSR count). The van der Waals surface area contributed by atoms with Gasteiger partial charge in [-0.2, -0.15) is 18.3 Å². The number of alkyl halides is 3. The van der Waals surface area contributed by atoms with E-state index < -0.39 is 24.2 Å². The first-order valence-corrected chi connectivity index (χ1v) is 10.2. The van der Waals surface area contributed by atoms with Crippen LogP contribution in [0.2, 0.25) is 15.1 Å². The molecular formula is C20H14Cl3F3N4O. The Hall–Kier alpha value is -2.42. The zero-order valence-corrected chi connectivity index (χ0v) is 17.8. The van der Waals surface area contributed by atoms with E-state index in [9.17, 15) is 18.0 Å². The van der Waals surface area contributed by atoms with Gasteiger partial charge in [-0.15, -0.1) is 0 Å². The number of aromatic nitrogens is 2. The van der Waals surface area contributed by atoms with E-state index in [2.05, 4.69) is 15.7 Å². The molecule has 0 bridgehead atoms.